The Kier molecular flexibility index (Phi) is 5.86. The van der Waals surface area contributed by atoms with Gasteiger partial charge in [-0.25, -0.2) is 0 Å². The highest BCUT2D eigenvalue weighted by Crippen LogP contribution is 2.56. The number of para-hydroxylation sites is 1. The van der Waals surface area contributed by atoms with E-state index in [1.807, 2.05) is 45.0 Å². The number of hydrogen-bond acceptors (Lipinski definition) is 6. The second-order valence-corrected chi connectivity index (χ2v) is 11.0. The van der Waals surface area contributed by atoms with Crippen molar-refractivity contribution in [3.8, 4) is 5.75 Å². The van der Waals surface area contributed by atoms with Crippen LogP contribution in [0.15, 0.2) is 58.7 Å². The molecule has 0 saturated carbocycles. The van der Waals surface area contributed by atoms with E-state index in [-0.39, 0.29) is 48.9 Å². The molecule has 1 aromatic carbocycles. The second-order valence-electron chi connectivity index (χ2n) is 11.0. The van der Waals surface area contributed by atoms with E-state index >= 15 is 0 Å². The lowest BCUT2D eigenvalue weighted by molar-refractivity contribution is -0.145. The van der Waals surface area contributed by atoms with Gasteiger partial charge in [-0.3, -0.25) is 24.1 Å². The zero-order valence-electron chi connectivity index (χ0n) is 21.0. The lowest BCUT2D eigenvalue weighted by Crippen LogP contribution is -2.46. The van der Waals surface area contributed by atoms with Crippen molar-refractivity contribution in [3.05, 3.63) is 64.3 Å². The number of amides is 2. The summed E-state index contributed by atoms with van der Waals surface area (Å²) in [5.41, 5.74) is 2.19. The Labute approximate surface area is 210 Å². The molecule has 0 unspecified atom stereocenters. The van der Waals surface area contributed by atoms with Gasteiger partial charge in [0.05, 0.1) is 18.4 Å². The highest BCUT2D eigenvalue weighted by atomic mass is 16.5. The van der Waals surface area contributed by atoms with Crippen LogP contribution in [0.3, 0.4) is 0 Å². The van der Waals surface area contributed by atoms with Crippen molar-refractivity contribution in [3.63, 3.8) is 0 Å². The Bertz CT molecular complexity index is 1280. The zero-order chi connectivity index (χ0) is 25.9. The number of likely N-dealkylation sites (tertiary alicyclic amines) is 1. The predicted octanol–water partition coefficient (Wildman–Crippen LogP) is 3.29. The first-order valence-electron chi connectivity index (χ1n) is 12.5. The Hall–Kier alpha value is -3.32. The molecule has 36 heavy (non-hydrogen) atoms. The normalized spacial score (nSPS) is 28.0. The third-order valence-electron chi connectivity index (χ3n) is 7.81. The molecule has 5 rings (SSSR count). The van der Waals surface area contributed by atoms with Gasteiger partial charge in [0.2, 0.25) is 11.8 Å². The molecular weight excluding hydrogens is 458 g/mol. The monoisotopic (exact) mass is 489 g/mol. The van der Waals surface area contributed by atoms with Gasteiger partial charge in [-0.15, -0.1) is 0 Å². The lowest BCUT2D eigenvalue weighted by atomic mass is 9.59. The molecule has 2 amide bonds. The highest BCUT2D eigenvalue weighted by molar-refractivity contribution is 6.23. The van der Waals surface area contributed by atoms with Gasteiger partial charge in [0.15, 0.2) is 11.6 Å². The van der Waals surface area contributed by atoms with Crippen LogP contribution in [0.4, 0.5) is 0 Å². The van der Waals surface area contributed by atoms with E-state index in [1.54, 1.807) is 13.0 Å². The number of nitrogens with zero attached hydrogens (tertiary/aromatic N) is 1. The topological polar surface area (TPSA) is 101 Å². The maximum atomic E-state index is 13.7. The number of allylic oxidation sites excluding steroid dienone is 6. The summed E-state index contributed by atoms with van der Waals surface area (Å²) in [6, 6.07) is 7.31. The minimum Gasteiger partial charge on any atom is -0.491 e. The summed E-state index contributed by atoms with van der Waals surface area (Å²) in [6.07, 6.45) is 4.06. The number of carbonyl (C=O) groups is 4. The number of imide groups is 1. The largest absolute Gasteiger partial charge is 0.491 e. The van der Waals surface area contributed by atoms with Gasteiger partial charge < -0.3 is 9.84 Å². The van der Waals surface area contributed by atoms with E-state index in [0.29, 0.717) is 34.5 Å². The molecule has 1 aromatic rings. The van der Waals surface area contributed by atoms with E-state index < -0.39 is 23.3 Å². The summed E-state index contributed by atoms with van der Waals surface area (Å²) in [5, 5.41) is 9.33. The molecule has 4 aliphatic rings. The molecule has 1 saturated heterocycles. The minimum atomic E-state index is -0.648. The predicted molar refractivity (Wildman–Crippen MR) is 132 cm³/mol. The number of aliphatic hydroxyl groups excluding tert-OH is 1. The standard InChI is InChI=1S/C29H31NO6/c1-15-13-21(32)25-20(26(15)33)14-19-16(23(25)17-7-5-6-8-22(17)36-12-11-31)9-10-18-24(19)28(35)30(27(18)34)29(2,3)4/h5-9,13,18-19,23-24,31H,10-12,14H2,1-4H3/t18-,19+,23+,24-/m0/s1. The number of carbonyl (C=O) groups excluding carboxylic acids is 4. The fourth-order valence-corrected chi connectivity index (χ4v) is 6.40. The van der Waals surface area contributed by atoms with Crippen LogP contribution in [0.1, 0.15) is 52.0 Å². The van der Waals surface area contributed by atoms with Crippen molar-refractivity contribution in [1.29, 1.82) is 0 Å². The average molecular weight is 490 g/mol. The number of benzene rings is 1. The van der Waals surface area contributed by atoms with Gasteiger partial charge in [-0.2, -0.15) is 0 Å². The smallest absolute Gasteiger partial charge is 0.234 e. The fraction of sp³-hybridized carbons (Fsp3) is 0.448. The van der Waals surface area contributed by atoms with Gasteiger partial charge in [-0.1, -0.05) is 29.8 Å². The molecule has 0 bridgehead atoms. The van der Waals surface area contributed by atoms with Crippen molar-refractivity contribution in [2.24, 2.45) is 17.8 Å². The SMILES string of the molecule is CC1=CC(=O)C2=C(C[C@@H]3C(=CC[C@@H]4C(=O)N(C(C)(C)C)C(=O)[C@@H]43)[C@@H]2c2ccccc2OCCO)C1=O. The summed E-state index contributed by atoms with van der Waals surface area (Å²) in [6.45, 7) is 7.11. The van der Waals surface area contributed by atoms with Crippen LogP contribution >= 0.6 is 0 Å². The molecule has 3 aliphatic carbocycles. The second kappa shape index (κ2) is 8.66. The summed E-state index contributed by atoms with van der Waals surface area (Å²) in [7, 11) is 0. The van der Waals surface area contributed by atoms with Crippen LogP contribution < -0.4 is 4.74 Å². The molecule has 0 aromatic heterocycles. The Morgan fingerprint density at radius 2 is 1.78 bits per heavy atom. The van der Waals surface area contributed by atoms with Crippen LogP contribution in [0.2, 0.25) is 0 Å². The molecule has 1 aliphatic heterocycles. The van der Waals surface area contributed by atoms with Gasteiger partial charge in [-0.05, 0) is 58.6 Å². The maximum Gasteiger partial charge on any atom is 0.234 e. The van der Waals surface area contributed by atoms with Gasteiger partial charge in [0, 0.05) is 33.7 Å². The number of Topliss-reactive ketones (excluding diaryl/α,β-unsaturated/α-hetero) is 1. The Balaban J connectivity index is 1.69. The molecule has 0 radical (unpaired) electrons. The first-order valence-corrected chi connectivity index (χ1v) is 12.5. The van der Waals surface area contributed by atoms with E-state index in [2.05, 4.69) is 0 Å². The van der Waals surface area contributed by atoms with Gasteiger partial charge >= 0.3 is 0 Å². The average Bonchev–Trinajstić information content (AvgIpc) is 3.10. The quantitative estimate of drug-likeness (QED) is 0.396. The lowest BCUT2D eigenvalue weighted by Gasteiger charge is -2.42. The maximum absolute atomic E-state index is 13.7. The van der Waals surface area contributed by atoms with Crippen LogP contribution in [0.25, 0.3) is 0 Å². The van der Waals surface area contributed by atoms with E-state index in [0.717, 1.165) is 5.57 Å². The minimum absolute atomic E-state index is 0.0855. The fourth-order valence-electron chi connectivity index (χ4n) is 6.40. The third kappa shape index (κ3) is 3.60. The van der Waals surface area contributed by atoms with E-state index in [4.69, 9.17) is 4.74 Å². The number of rotatable bonds is 4. The number of ketones is 2. The summed E-state index contributed by atoms with van der Waals surface area (Å²) < 4.78 is 5.83. The van der Waals surface area contributed by atoms with Crippen molar-refractivity contribution in [2.45, 2.75) is 52.0 Å². The number of ether oxygens (including phenoxy) is 1. The number of fused-ring (bicyclic) bond motifs is 3. The first-order chi connectivity index (χ1) is 17.1. The number of hydrogen-bond donors (Lipinski definition) is 1. The van der Waals surface area contributed by atoms with E-state index in [9.17, 15) is 24.3 Å². The van der Waals surface area contributed by atoms with Crippen LogP contribution in [-0.2, 0) is 19.2 Å². The van der Waals surface area contributed by atoms with Crippen molar-refractivity contribution in [1.82, 2.24) is 4.90 Å². The van der Waals surface area contributed by atoms with Crippen LogP contribution in [0.5, 0.6) is 5.75 Å². The number of aliphatic hydroxyl groups is 1. The summed E-state index contributed by atoms with van der Waals surface area (Å²) in [5.74, 6) is -2.24. The molecule has 4 atom stereocenters. The first kappa shape index (κ1) is 24.4. The molecule has 1 heterocycles. The van der Waals surface area contributed by atoms with E-state index in [1.165, 1.54) is 11.0 Å². The molecule has 7 heteroatoms. The molecule has 7 nitrogen and oxygen atoms in total. The Morgan fingerprint density at radius 3 is 2.47 bits per heavy atom. The Morgan fingerprint density at radius 1 is 1.06 bits per heavy atom. The molecule has 0 spiro atoms. The van der Waals surface area contributed by atoms with Crippen molar-refractivity contribution < 1.29 is 29.0 Å². The van der Waals surface area contributed by atoms with Crippen molar-refractivity contribution >= 4 is 23.4 Å². The zero-order valence-corrected chi connectivity index (χ0v) is 21.0. The molecule has 188 valence electrons. The van der Waals surface area contributed by atoms with Gasteiger partial charge in [0.25, 0.3) is 0 Å². The molecular formula is C29H31NO6. The summed E-state index contributed by atoms with van der Waals surface area (Å²) >= 11 is 0. The van der Waals surface area contributed by atoms with Gasteiger partial charge in [0.1, 0.15) is 12.4 Å². The highest BCUT2D eigenvalue weighted by Gasteiger charge is 2.58. The molecule has 1 N–H and O–H groups in total. The van der Waals surface area contributed by atoms with Crippen LogP contribution in [0, 0.1) is 17.8 Å². The third-order valence-corrected chi connectivity index (χ3v) is 7.81. The summed E-state index contributed by atoms with van der Waals surface area (Å²) in [4.78, 5) is 55.2. The van der Waals surface area contributed by atoms with Crippen LogP contribution in [-0.4, -0.2) is 52.1 Å². The van der Waals surface area contributed by atoms with Crippen molar-refractivity contribution in [2.75, 3.05) is 13.2 Å². The molecule has 1 fully saturated rings.